The Hall–Kier alpha value is -1.80. The van der Waals surface area contributed by atoms with Gasteiger partial charge in [-0.3, -0.25) is 6.08 Å². The van der Waals surface area contributed by atoms with E-state index in [1.54, 1.807) is 0 Å². The minimum Gasteiger partial charge on any atom is -0.442 e. The van der Waals surface area contributed by atoms with Crippen LogP contribution in [0, 0.1) is 24.3 Å². The number of rotatable bonds is 0. The Labute approximate surface area is 180 Å². The van der Waals surface area contributed by atoms with Crippen molar-refractivity contribution in [2.24, 2.45) is 0 Å². The number of benzene rings is 3. The average molecular weight is 436 g/mol. The number of allylic oxidation sites excluding steroid dienone is 4. The summed E-state index contributed by atoms with van der Waals surface area (Å²) in [6.07, 6.45) is 10.0. The standard InChI is InChI=1S/3C6H5.C5H5.H4OSi.Zr/c3*1-2-4-6-5-3-1;1-2-4-5-3-1;1-2;/h3*1-5H;1-3H,4H2;1H,2H3;/q4*-1;;+4. The van der Waals surface area contributed by atoms with Crippen LogP contribution in [-0.4, -0.2) is 15.3 Å². The minimum absolute atomic E-state index is 0. The molecule has 0 saturated carbocycles. The second-order valence-electron chi connectivity index (χ2n) is 4.24. The molecule has 0 heterocycles. The molecular formula is C23H24OSiZr. The first-order chi connectivity index (χ1) is 12.5. The average Bonchev–Trinajstić information content (AvgIpc) is 3.35. The Morgan fingerprint density at radius 1 is 0.577 bits per heavy atom. The zero-order chi connectivity index (χ0) is 18.3. The molecule has 1 N–H and O–H groups in total. The summed E-state index contributed by atoms with van der Waals surface area (Å²) in [5.41, 5.74) is 0. The van der Waals surface area contributed by atoms with E-state index in [1.807, 2.05) is 103 Å². The minimum atomic E-state index is 0. The predicted molar refractivity (Wildman–Crippen MR) is 110 cm³/mol. The van der Waals surface area contributed by atoms with Crippen molar-refractivity contribution in [2.45, 2.75) is 6.42 Å². The van der Waals surface area contributed by atoms with Gasteiger partial charge in [0.05, 0.1) is 0 Å². The van der Waals surface area contributed by atoms with Crippen molar-refractivity contribution in [3.05, 3.63) is 133 Å². The fourth-order valence-electron chi connectivity index (χ4n) is 1.37. The third-order valence-corrected chi connectivity index (χ3v) is 2.41. The summed E-state index contributed by atoms with van der Waals surface area (Å²) in [5.74, 6) is 0. The molecule has 0 spiro atoms. The van der Waals surface area contributed by atoms with Crippen molar-refractivity contribution in [3.63, 3.8) is 0 Å². The molecule has 0 aromatic heterocycles. The summed E-state index contributed by atoms with van der Waals surface area (Å²) >= 11 is 0. The maximum absolute atomic E-state index is 7.14. The van der Waals surface area contributed by atoms with Gasteiger partial charge in [0.2, 0.25) is 0 Å². The van der Waals surface area contributed by atoms with Crippen LogP contribution in [0.25, 0.3) is 0 Å². The van der Waals surface area contributed by atoms with Crippen LogP contribution < -0.4 is 0 Å². The van der Waals surface area contributed by atoms with Gasteiger partial charge >= 0.3 is 26.2 Å². The first-order valence-corrected chi connectivity index (χ1v) is 8.79. The first kappa shape index (κ1) is 26.4. The molecule has 0 atom stereocenters. The Balaban J connectivity index is 0. The van der Waals surface area contributed by atoms with Gasteiger partial charge in [-0.1, -0.05) is 0 Å². The third-order valence-electron chi connectivity index (χ3n) is 2.41. The molecule has 26 heavy (non-hydrogen) atoms. The molecule has 130 valence electrons. The van der Waals surface area contributed by atoms with Gasteiger partial charge in [0.1, 0.15) is 10.5 Å². The van der Waals surface area contributed by atoms with Crippen LogP contribution in [0.15, 0.2) is 109 Å². The Kier molecular flexibility index (Phi) is 25.9. The van der Waals surface area contributed by atoms with E-state index in [9.17, 15) is 0 Å². The van der Waals surface area contributed by atoms with E-state index >= 15 is 0 Å². The number of hydrogen-bond acceptors (Lipinski definition) is 1. The first-order valence-electron chi connectivity index (χ1n) is 7.90. The molecule has 0 saturated heterocycles. The monoisotopic (exact) mass is 434 g/mol. The van der Waals surface area contributed by atoms with Crippen LogP contribution in [0.4, 0.5) is 0 Å². The third kappa shape index (κ3) is 22.2. The largest absolute Gasteiger partial charge is 4.00 e. The summed E-state index contributed by atoms with van der Waals surface area (Å²) < 4.78 is 0. The fraction of sp³-hybridized carbons (Fsp3) is 0.0435. The number of hydrogen-bond donors (Lipinski definition) is 1. The van der Waals surface area contributed by atoms with Crippen LogP contribution in [-0.2, 0) is 26.2 Å². The molecule has 3 aromatic carbocycles. The maximum atomic E-state index is 7.14. The van der Waals surface area contributed by atoms with Crippen molar-refractivity contribution >= 4 is 10.5 Å². The van der Waals surface area contributed by atoms with Crippen molar-refractivity contribution in [1.29, 1.82) is 0 Å². The molecule has 0 bridgehead atoms. The van der Waals surface area contributed by atoms with Crippen LogP contribution in [0.3, 0.4) is 0 Å². The van der Waals surface area contributed by atoms with Gasteiger partial charge in [0.25, 0.3) is 0 Å². The van der Waals surface area contributed by atoms with Crippen LogP contribution in [0.1, 0.15) is 6.42 Å². The topological polar surface area (TPSA) is 20.2 Å². The van der Waals surface area contributed by atoms with Crippen LogP contribution in [0.5, 0.6) is 0 Å². The van der Waals surface area contributed by atoms with E-state index < -0.39 is 0 Å². The second-order valence-corrected chi connectivity index (χ2v) is 4.24. The van der Waals surface area contributed by atoms with Crippen molar-refractivity contribution in [3.8, 4) is 0 Å². The SMILES string of the molecule is O[SiH3].[C-]1=CC=CC1.[Zr+4].[c-]1ccccc1.[c-]1ccccc1.[c-]1ccccc1. The van der Waals surface area contributed by atoms with Crippen molar-refractivity contribution in [2.75, 3.05) is 0 Å². The second kappa shape index (κ2) is 25.4. The summed E-state index contributed by atoms with van der Waals surface area (Å²) in [7, 11) is 0.306. The van der Waals surface area contributed by atoms with Crippen molar-refractivity contribution in [1.82, 2.24) is 0 Å². The van der Waals surface area contributed by atoms with E-state index in [1.165, 1.54) is 0 Å². The van der Waals surface area contributed by atoms with E-state index in [2.05, 4.69) is 30.4 Å². The quantitative estimate of drug-likeness (QED) is 0.418. The van der Waals surface area contributed by atoms with Gasteiger partial charge in [-0.05, 0) is 0 Å². The van der Waals surface area contributed by atoms with Gasteiger partial charge in [-0.2, -0.15) is 115 Å². The van der Waals surface area contributed by atoms with Crippen LogP contribution >= 0.6 is 0 Å². The summed E-state index contributed by atoms with van der Waals surface area (Å²) in [4.78, 5) is 7.14. The maximum Gasteiger partial charge on any atom is 4.00 e. The Bertz CT molecular complexity index is 448. The normalized spacial score (nSPS) is 9.27. The molecule has 0 aliphatic heterocycles. The van der Waals surface area contributed by atoms with Crippen molar-refractivity contribution < 1.29 is 31.0 Å². The van der Waals surface area contributed by atoms with Crippen LogP contribution in [0.2, 0.25) is 0 Å². The molecule has 1 aliphatic rings. The molecule has 0 amide bonds. The molecule has 0 fully saturated rings. The molecular weight excluding hydrogens is 412 g/mol. The van der Waals surface area contributed by atoms with E-state index in [4.69, 9.17) is 4.80 Å². The summed E-state index contributed by atoms with van der Waals surface area (Å²) in [6.45, 7) is 0. The van der Waals surface area contributed by atoms with Gasteiger partial charge in [-0.25, -0.2) is 12.2 Å². The van der Waals surface area contributed by atoms with Gasteiger partial charge in [0.15, 0.2) is 0 Å². The van der Waals surface area contributed by atoms with E-state index in [-0.39, 0.29) is 26.2 Å². The summed E-state index contributed by atoms with van der Waals surface area (Å²) in [6, 6.07) is 37.5. The van der Waals surface area contributed by atoms with Gasteiger partial charge in [0, 0.05) is 0 Å². The Morgan fingerprint density at radius 2 is 0.923 bits per heavy atom. The molecule has 4 rings (SSSR count). The zero-order valence-corrected chi connectivity index (χ0v) is 19.5. The molecule has 0 unspecified atom stereocenters. The zero-order valence-electron chi connectivity index (χ0n) is 15.0. The molecule has 3 heteroatoms. The smallest absolute Gasteiger partial charge is 0.442 e. The fourth-order valence-corrected chi connectivity index (χ4v) is 1.37. The predicted octanol–water partition coefficient (Wildman–Crippen LogP) is 4.02. The molecule has 0 radical (unpaired) electrons. The molecule has 1 aliphatic carbocycles. The molecule has 1 nitrogen and oxygen atoms in total. The van der Waals surface area contributed by atoms with E-state index in [0.29, 0.717) is 10.5 Å². The Morgan fingerprint density at radius 3 is 1.00 bits per heavy atom. The van der Waals surface area contributed by atoms with E-state index in [0.717, 1.165) is 6.42 Å². The van der Waals surface area contributed by atoms with Gasteiger partial charge < -0.3 is 4.80 Å². The molecule has 3 aromatic rings. The summed E-state index contributed by atoms with van der Waals surface area (Å²) in [5, 5.41) is 0. The van der Waals surface area contributed by atoms with Gasteiger partial charge in [-0.15, -0.1) is 6.42 Å².